The lowest BCUT2D eigenvalue weighted by atomic mass is 9.90. The number of aryl methyl sites for hydroxylation is 1. The lowest BCUT2D eigenvalue weighted by Crippen LogP contribution is -2.38. The van der Waals surface area contributed by atoms with E-state index < -0.39 is 37.6 Å². The van der Waals surface area contributed by atoms with Gasteiger partial charge in [0.2, 0.25) is 10.0 Å². The Hall–Kier alpha value is -3.90. The van der Waals surface area contributed by atoms with Crippen molar-refractivity contribution < 1.29 is 54.3 Å². The van der Waals surface area contributed by atoms with E-state index in [0.29, 0.717) is 71.3 Å². The van der Waals surface area contributed by atoms with Crippen LogP contribution in [-0.4, -0.2) is 111 Å². The van der Waals surface area contributed by atoms with E-state index in [2.05, 4.69) is 5.32 Å². The van der Waals surface area contributed by atoms with Crippen LogP contribution in [0.5, 0.6) is 5.75 Å². The smallest absolute Gasteiger partial charge is 0.325 e. The topological polar surface area (TPSA) is 173 Å². The summed E-state index contributed by atoms with van der Waals surface area (Å²) in [5.74, 6) is -0.150. The zero-order valence-electron chi connectivity index (χ0n) is 31.9. The van der Waals surface area contributed by atoms with Gasteiger partial charge in [0, 0.05) is 18.7 Å². The fourth-order valence-corrected chi connectivity index (χ4v) is 7.92. The number of benzene rings is 3. The van der Waals surface area contributed by atoms with Crippen LogP contribution < -0.4 is 10.1 Å². The molecule has 55 heavy (non-hydrogen) atoms. The first-order valence-corrected chi connectivity index (χ1v) is 21.0. The zero-order chi connectivity index (χ0) is 39.9. The molecule has 0 spiro atoms. The quantitative estimate of drug-likeness (QED) is 0.0912. The lowest BCUT2D eigenvalue weighted by Gasteiger charge is -2.31. The maximum atomic E-state index is 13.3. The van der Waals surface area contributed by atoms with Crippen molar-refractivity contribution in [3.8, 4) is 5.75 Å². The maximum absolute atomic E-state index is 13.3. The summed E-state index contributed by atoms with van der Waals surface area (Å²) in [7, 11) is -7.55. The summed E-state index contributed by atoms with van der Waals surface area (Å²) >= 11 is 0. The van der Waals surface area contributed by atoms with Gasteiger partial charge in [-0.25, -0.2) is 8.42 Å². The van der Waals surface area contributed by atoms with Crippen LogP contribution in [0.1, 0.15) is 61.0 Å². The van der Waals surface area contributed by atoms with Crippen molar-refractivity contribution in [2.24, 2.45) is 0 Å². The van der Waals surface area contributed by atoms with E-state index in [4.69, 9.17) is 27.9 Å². The van der Waals surface area contributed by atoms with Crippen LogP contribution in [0, 0.1) is 6.92 Å². The van der Waals surface area contributed by atoms with Crippen LogP contribution in [0.2, 0.25) is 0 Å². The van der Waals surface area contributed by atoms with Crippen molar-refractivity contribution >= 4 is 32.0 Å². The fourth-order valence-electron chi connectivity index (χ4n) is 5.56. The van der Waals surface area contributed by atoms with Crippen molar-refractivity contribution in [2.45, 2.75) is 61.8 Å². The monoisotopic (exact) mass is 804 g/mol. The number of hydrogen-bond donors (Lipinski definition) is 1. The Morgan fingerprint density at radius 2 is 1.24 bits per heavy atom. The van der Waals surface area contributed by atoms with E-state index in [1.165, 1.54) is 40.7 Å². The number of esters is 1. The Kier molecular flexibility index (Phi) is 16.6. The van der Waals surface area contributed by atoms with Gasteiger partial charge in [0.25, 0.3) is 16.0 Å². The highest BCUT2D eigenvalue weighted by molar-refractivity contribution is 7.89. The lowest BCUT2D eigenvalue weighted by molar-refractivity contribution is -0.153. The first-order chi connectivity index (χ1) is 26.1. The number of ether oxygens (including phenoxy) is 5. The van der Waals surface area contributed by atoms with Gasteiger partial charge >= 0.3 is 5.97 Å². The summed E-state index contributed by atoms with van der Waals surface area (Å²) in [6, 6.07) is 19.9. The molecule has 1 aliphatic heterocycles. The number of hydrogen-bond acceptors (Lipinski definition) is 12. The summed E-state index contributed by atoms with van der Waals surface area (Å²) in [6.07, 6.45) is 1.33. The SMILES string of the molecule is Cc1ccc(S(=O)(=O)OCCOCCOCCOCCOc2ccc(C3CCN(S(=O)(=O)c4ccc(C(=O)NCC(=O)OC(C)(C)C)cc4)CC3)cc2)cc1. The minimum atomic E-state index is -3.81. The molecule has 0 saturated carbocycles. The maximum Gasteiger partial charge on any atom is 0.325 e. The number of nitrogens with one attached hydrogen (secondary N) is 1. The number of rotatable bonds is 21. The molecule has 0 unspecified atom stereocenters. The number of piperidine rings is 1. The molecule has 1 saturated heterocycles. The Labute approximate surface area is 324 Å². The molecule has 1 aliphatic rings. The van der Waals surface area contributed by atoms with Crippen LogP contribution in [0.4, 0.5) is 0 Å². The van der Waals surface area contributed by atoms with Gasteiger partial charge in [-0.2, -0.15) is 12.7 Å². The minimum Gasteiger partial charge on any atom is -0.491 e. The summed E-state index contributed by atoms with van der Waals surface area (Å²) in [6.45, 7) is 9.70. The molecule has 0 bridgehead atoms. The highest BCUT2D eigenvalue weighted by Crippen LogP contribution is 2.32. The zero-order valence-corrected chi connectivity index (χ0v) is 33.5. The van der Waals surface area contributed by atoms with Crippen LogP contribution in [-0.2, 0) is 48.1 Å². The molecule has 14 nitrogen and oxygen atoms in total. The predicted molar refractivity (Wildman–Crippen MR) is 204 cm³/mol. The molecule has 0 aromatic heterocycles. The normalized spacial score (nSPS) is 14.4. The predicted octanol–water partition coefficient (Wildman–Crippen LogP) is 4.47. The summed E-state index contributed by atoms with van der Waals surface area (Å²) in [5, 5.41) is 2.49. The first-order valence-electron chi connectivity index (χ1n) is 18.2. The van der Waals surface area contributed by atoms with Gasteiger partial charge in [-0.05, 0) is 101 Å². The highest BCUT2D eigenvalue weighted by atomic mass is 32.2. The molecular formula is C39H52N2O12S2. The average Bonchev–Trinajstić information content (AvgIpc) is 3.15. The van der Waals surface area contributed by atoms with Crippen molar-refractivity contribution in [2.75, 3.05) is 72.5 Å². The third-order valence-electron chi connectivity index (χ3n) is 8.39. The molecule has 1 amide bonds. The molecular weight excluding hydrogens is 753 g/mol. The summed E-state index contributed by atoms with van der Waals surface area (Å²) in [4.78, 5) is 24.6. The van der Waals surface area contributed by atoms with Crippen molar-refractivity contribution in [1.29, 1.82) is 0 Å². The molecule has 0 aliphatic carbocycles. The van der Waals surface area contributed by atoms with Gasteiger partial charge in [-0.1, -0.05) is 29.8 Å². The molecule has 3 aromatic rings. The van der Waals surface area contributed by atoms with Crippen molar-refractivity contribution in [1.82, 2.24) is 9.62 Å². The number of nitrogens with zero attached hydrogens (tertiary/aromatic N) is 1. The standard InChI is InChI=1S/C39H52N2O12S2/c1-30-5-13-36(14-6-30)55(46,47)52-28-26-50-24-22-48-21-23-49-25-27-51-34-11-7-31(8-12-34)32-17-19-41(20-18-32)54(44,45)35-15-9-33(10-16-35)38(43)40-29-37(42)53-39(2,3)4/h5-16,32H,17-29H2,1-4H3,(H,40,43). The molecule has 4 rings (SSSR count). The first kappa shape index (κ1) is 43.8. The number of carbonyl (C=O) groups is 2. The molecule has 0 atom stereocenters. The molecule has 302 valence electrons. The summed E-state index contributed by atoms with van der Waals surface area (Å²) in [5.41, 5.74) is 1.65. The van der Waals surface area contributed by atoms with Gasteiger partial charge in [0.1, 0.15) is 24.5 Å². The third-order valence-corrected chi connectivity index (χ3v) is 11.6. The van der Waals surface area contributed by atoms with Crippen molar-refractivity contribution in [3.63, 3.8) is 0 Å². The largest absolute Gasteiger partial charge is 0.491 e. The van der Waals surface area contributed by atoms with Gasteiger partial charge in [-0.3, -0.25) is 13.8 Å². The van der Waals surface area contributed by atoms with Gasteiger partial charge < -0.3 is 29.0 Å². The Morgan fingerprint density at radius 3 is 1.80 bits per heavy atom. The molecule has 1 heterocycles. The van der Waals surface area contributed by atoms with E-state index in [1.54, 1.807) is 32.9 Å². The van der Waals surface area contributed by atoms with Crippen LogP contribution in [0.25, 0.3) is 0 Å². The third kappa shape index (κ3) is 14.6. The highest BCUT2D eigenvalue weighted by Gasteiger charge is 2.30. The van der Waals surface area contributed by atoms with E-state index in [9.17, 15) is 26.4 Å². The van der Waals surface area contributed by atoms with E-state index in [-0.39, 0.29) is 41.0 Å². The van der Waals surface area contributed by atoms with Crippen LogP contribution in [0.3, 0.4) is 0 Å². The average molecular weight is 805 g/mol. The van der Waals surface area contributed by atoms with E-state index in [0.717, 1.165) is 11.1 Å². The second kappa shape index (κ2) is 20.9. The number of sulfonamides is 1. The molecule has 1 fully saturated rings. The van der Waals surface area contributed by atoms with Gasteiger partial charge in [0.15, 0.2) is 0 Å². The van der Waals surface area contributed by atoms with Gasteiger partial charge in [-0.15, -0.1) is 0 Å². The number of carbonyl (C=O) groups excluding carboxylic acids is 2. The molecule has 3 aromatic carbocycles. The van der Waals surface area contributed by atoms with E-state index >= 15 is 0 Å². The van der Waals surface area contributed by atoms with Gasteiger partial charge in [0.05, 0.1) is 56.0 Å². The molecule has 0 radical (unpaired) electrons. The van der Waals surface area contributed by atoms with Crippen molar-refractivity contribution in [3.05, 3.63) is 89.5 Å². The molecule has 1 N–H and O–H groups in total. The second-order valence-corrected chi connectivity index (χ2v) is 17.4. The fraction of sp³-hybridized carbons (Fsp3) is 0.487. The second-order valence-electron chi connectivity index (χ2n) is 13.8. The van der Waals surface area contributed by atoms with Crippen LogP contribution in [0.15, 0.2) is 82.6 Å². The molecule has 16 heteroatoms. The summed E-state index contributed by atoms with van der Waals surface area (Å²) < 4.78 is 84.8. The van der Waals surface area contributed by atoms with E-state index in [1.807, 2.05) is 31.2 Å². The Bertz CT molecular complexity index is 1870. The van der Waals surface area contributed by atoms with Crippen LogP contribution >= 0.6 is 0 Å². The number of amides is 1. The Morgan fingerprint density at radius 1 is 0.709 bits per heavy atom. The Balaban J connectivity index is 1.04. The minimum absolute atomic E-state index is 0.0848.